The van der Waals surface area contributed by atoms with Gasteiger partial charge >= 0.3 is 6.18 Å². The zero-order valence-electron chi connectivity index (χ0n) is 11.9. The molecule has 1 unspecified atom stereocenters. The number of nitrogens with two attached hydrogens (primary N) is 1. The highest BCUT2D eigenvalue weighted by molar-refractivity contribution is 5.30. The Hall–Kier alpha value is -1.14. The second-order valence-electron chi connectivity index (χ2n) is 6.05. The number of nitrogens with one attached hydrogen (secondary N) is 1. The molecule has 2 nitrogen and oxygen atoms in total. The summed E-state index contributed by atoms with van der Waals surface area (Å²) in [5.41, 5.74) is 1.57. The van der Waals surface area contributed by atoms with Gasteiger partial charge in [-0.25, -0.2) is 4.39 Å². The Morgan fingerprint density at radius 3 is 2.33 bits per heavy atom. The lowest BCUT2D eigenvalue weighted by Gasteiger charge is -2.41. The molecule has 21 heavy (non-hydrogen) atoms. The first-order valence-corrected chi connectivity index (χ1v) is 7.11. The van der Waals surface area contributed by atoms with Gasteiger partial charge in [0, 0.05) is 0 Å². The Morgan fingerprint density at radius 1 is 1.19 bits per heavy atom. The number of halogens is 4. The fourth-order valence-electron chi connectivity index (χ4n) is 3.29. The summed E-state index contributed by atoms with van der Waals surface area (Å²) in [7, 11) is 0. The molecule has 0 amide bonds. The lowest BCUT2D eigenvalue weighted by atomic mass is 9.68. The number of hydrazine groups is 1. The third kappa shape index (κ3) is 3.37. The van der Waals surface area contributed by atoms with Crippen LogP contribution in [0.4, 0.5) is 17.6 Å². The normalized spacial score (nSPS) is 20.3. The first-order chi connectivity index (χ1) is 9.78. The van der Waals surface area contributed by atoms with Gasteiger partial charge in [0.1, 0.15) is 5.82 Å². The molecule has 118 valence electrons. The molecule has 1 aromatic carbocycles. The molecular weight excluding hydrogens is 284 g/mol. The van der Waals surface area contributed by atoms with Crippen molar-refractivity contribution in [3.05, 3.63) is 35.1 Å². The van der Waals surface area contributed by atoms with Gasteiger partial charge < -0.3 is 0 Å². The van der Waals surface area contributed by atoms with Crippen LogP contribution < -0.4 is 11.3 Å². The molecule has 0 spiro atoms. The molecule has 2 rings (SSSR count). The van der Waals surface area contributed by atoms with E-state index in [2.05, 4.69) is 5.43 Å². The predicted molar refractivity (Wildman–Crippen MR) is 72.7 cm³/mol. The Labute approximate surface area is 121 Å². The van der Waals surface area contributed by atoms with E-state index in [0.29, 0.717) is 5.56 Å². The van der Waals surface area contributed by atoms with Crippen LogP contribution in [-0.4, -0.2) is 0 Å². The summed E-state index contributed by atoms with van der Waals surface area (Å²) in [4.78, 5) is 0. The summed E-state index contributed by atoms with van der Waals surface area (Å²) in [6.07, 6.45) is 0.266. The topological polar surface area (TPSA) is 38.0 Å². The molecular formula is C15H20F4N2. The van der Waals surface area contributed by atoms with E-state index in [9.17, 15) is 17.6 Å². The van der Waals surface area contributed by atoms with Crippen molar-refractivity contribution in [3.63, 3.8) is 0 Å². The molecule has 1 atom stereocenters. The van der Waals surface area contributed by atoms with Gasteiger partial charge in [-0.2, -0.15) is 13.2 Å². The molecule has 0 radical (unpaired) electrons. The van der Waals surface area contributed by atoms with Gasteiger partial charge in [0.2, 0.25) is 0 Å². The maximum atomic E-state index is 13.4. The van der Waals surface area contributed by atoms with E-state index < -0.39 is 23.6 Å². The van der Waals surface area contributed by atoms with Crippen molar-refractivity contribution in [2.45, 2.75) is 51.2 Å². The van der Waals surface area contributed by atoms with E-state index in [1.54, 1.807) is 0 Å². The highest BCUT2D eigenvalue weighted by Crippen LogP contribution is 2.46. The van der Waals surface area contributed by atoms with Crippen LogP contribution in [0.15, 0.2) is 18.2 Å². The van der Waals surface area contributed by atoms with Crippen LogP contribution in [0.5, 0.6) is 0 Å². The van der Waals surface area contributed by atoms with Gasteiger partial charge in [-0.05, 0) is 36.0 Å². The van der Waals surface area contributed by atoms with Crippen LogP contribution in [0.25, 0.3) is 0 Å². The van der Waals surface area contributed by atoms with Gasteiger partial charge in [-0.1, -0.05) is 32.3 Å². The summed E-state index contributed by atoms with van der Waals surface area (Å²) in [5.74, 6) is 4.34. The average molecular weight is 304 g/mol. The maximum Gasteiger partial charge on any atom is 0.419 e. The fraction of sp³-hybridized carbons (Fsp3) is 0.600. The predicted octanol–water partition coefficient (Wildman–Crippen LogP) is 4.32. The molecule has 6 heteroatoms. The highest BCUT2D eigenvalue weighted by atomic mass is 19.4. The van der Waals surface area contributed by atoms with E-state index in [-0.39, 0.29) is 5.41 Å². The summed E-state index contributed by atoms with van der Waals surface area (Å²) in [5, 5.41) is 0. The van der Waals surface area contributed by atoms with Crippen LogP contribution in [0, 0.1) is 11.2 Å². The quantitative estimate of drug-likeness (QED) is 0.496. The molecule has 0 saturated heterocycles. The van der Waals surface area contributed by atoms with E-state index in [4.69, 9.17) is 5.84 Å². The molecule has 1 aromatic rings. The van der Waals surface area contributed by atoms with Gasteiger partial charge in [0.15, 0.2) is 0 Å². The van der Waals surface area contributed by atoms with Crippen molar-refractivity contribution in [3.8, 4) is 0 Å². The number of alkyl halides is 3. The van der Waals surface area contributed by atoms with E-state index in [1.807, 2.05) is 6.92 Å². The monoisotopic (exact) mass is 304 g/mol. The fourth-order valence-corrected chi connectivity index (χ4v) is 3.29. The van der Waals surface area contributed by atoms with Gasteiger partial charge in [0.05, 0.1) is 11.6 Å². The van der Waals surface area contributed by atoms with Crippen molar-refractivity contribution < 1.29 is 17.6 Å². The number of benzene rings is 1. The van der Waals surface area contributed by atoms with Crippen molar-refractivity contribution in [2.75, 3.05) is 0 Å². The largest absolute Gasteiger partial charge is 0.419 e. The zero-order valence-corrected chi connectivity index (χ0v) is 11.9. The van der Waals surface area contributed by atoms with Gasteiger partial charge in [-0.3, -0.25) is 11.3 Å². The molecule has 0 bridgehead atoms. The first-order valence-electron chi connectivity index (χ1n) is 7.11. The average Bonchev–Trinajstić information content (AvgIpc) is 2.40. The highest BCUT2D eigenvalue weighted by Gasteiger charge is 2.39. The number of rotatable bonds is 3. The van der Waals surface area contributed by atoms with Crippen LogP contribution in [0.1, 0.15) is 56.2 Å². The van der Waals surface area contributed by atoms with Crippen molar-refractivity contribution in [1.82, 2.24) is 5.43 Å². The lowest BCUT2D eigenvalue weighted by Crippen LogP contribution is -2.41. The van der Waals surface area contributed by atoms with Crippen molar-refractivity contribution >= 4 is 0 Å². The van der Waals surface area contributed by atoms with Gasteiger partial charge in [-0.15, -0.1) is 0 Å². The third-order valence-corrected chi connectivity index (χ3v) is 4.49. The van der Waals surface area contributed by atoms with Crippen LogP contribution in [0.3, 0.4) is 0 Å². The number of hydrogen-bond acceptors (Lipinski definition) is 2. The minimum Gasteiger partial charge on any atom is -0.271 e. The second kappa shape index (κ2) is 5.93. The standard InChI is InChI=1S/C15H20F4N2/c1-14(7-3-2-4-8-14)13(21-20)10-5-6-12(16)11(9-10)15(17,18)19/h5-6,9,13,21H,2-4,7-8,20H2,1H3. The van der Waals surface area contributed by atoms with Crippen LogP contribution in [0.2, 0.25) is 0 Å². The second-order valence-corrected chi connectivity index (χ2v) is 6.05. The van der Waals surface area contributed by atoms with E-state index in [0.717, 1.165) is 44.2 Å². The Bertz CT molecular complexity index is 493. The molecule has 0 aromatic heterocycles. The summed E-state index contributed by atoms with van der Waals surface area (Å²) < 4.78 is 51.9. The molecule has 0 heterocycles. The van der Waals surface area contributed by atoms with Crippen LogP contribution in [-0.2, 0) is 6.18 Å². The summed E-state index contributed by atoms with van der Waals surface area (Å²) in [6, 6.07) is 2.71. The minimum atomic E-state index is -4.70. The van der Waals surface area contributed by atoms with Crippen molar-refractivity contribution in [2.24, 2.45) is 11.3 Å². The van der Waals surface area contributed by atoms with Gasteiger partial charge in [0.25, 0.3) is 0 Å². The Balaban J connectivity index is 2.39. The number of hydrogen-bond donors (Lipinski definition) is 2. The smallest absolute Gasteiger partial charge is 0.271 e. The minimum absolute atomic E-state index is 0.215. The van der Waals surface area contributed by atoms with E-state index >= 15 is 0 Å². The Morgan fingerprint density at radius 2 is 1.81 bits per heavy atom. The molecule has 1 saturated carbocycles. The van der Waals surface area contributed by atoms with Crippen LogP contribution >= 0.6 is 0 Å². The summed E-state index contributed by atoms with van der Waals surface area (Å²) in [6.45, 7) is 2.02. The molecule has 0 aliphatic heterocycles. The third-order valence-electron chi connectivity index (χ3n) is 4.49. The van der Waals surface area contributed by atoms with Crippen molar-refractivity contribution in [1.29, 1.82) is 0 Å². The maximum absolute atomic E-state index is 13.4. The molecule has 1 aliphatic carbocycles. The van der Waals surface area contributed by atoms with E-state index in [1.165, 1.54) is 6.07 Å². The molecule has 1 aliphatic rings. The lowest BCUT2D eigenvalue weighted by molar-refractivity contribution is -0.140. The molecule has 3 N–H and O–H groups in total. The first kappa shape index (κ1) is 16.2. The zero-order chi connectivity index (χ0) is 15.7. The SMILES string of the molecule is CC1(C(NN)c2ccc(F)c(C(F)(F)F)c2)CCCCC1. The summed E-state index contributed by atoms with van der Waals surface area (Å²) >= 11 is 0. The Kier molecular flexibility index (Phi) is 4.58. The molecule has 1 fully saturated rings.